The summed E-state index contributed by atoms with van der Waals surface area (Å²) in [5, 5.41) is 0. The van der Waals surface area contributed by atoms with Gasteiger partial charge in [-0.05, 0) is 30.3 Å². The molecule has 2 aromatic carbocycles. The lowest BCUT2D eigenvalue weighted by atomic mass is 10.2. The Morgan fingerprint density at radius 2 is 1.90 bits per heavy atom. The zero-order valence-electron chi connectivity index (χ0n) is 11.8. The molecule has 0 saturated heterocycles. The zero-order valence-corrected chi connectivity index (χ0v) is 11.8. The number of anilines is 4. The highest BCUT2D eigenvalue weighted by molar-refractivity contribution is 5.82. The van der Waals surface area contributed by atoms with Crippen LogP contribution in [0.15, 0.2) is 46.9 Å². The predicted octanol–water partition coefficient (Wildman–Crippen LogP) is 3.00. The molecule has 1 aliphatic rings. The van der Waals surface area contributed by atoms with Crippen molar-refractivity contribution in [3.05, 3.63) is 42.5 Å². The van der Waals surface area contributed by atoms with Crippen molar-refractivity contribution in [2.24, 2.45) is 0 Å². The van der Waals surface area contributed by atoms with Crippen LogP contribution in [0, 0.1) is 0 Å². The number of fused-ring (bicyclic) bond motifs is 2. The molecule has 4 rings (SSSR count). The Hall–Kier alpha value is -2.69. The third kappa shape index (κ3) is 1.89. The van der Waals surface area contributed by atoms with E-state index in [2.05, 4.69) is 34.0 Å². The van der Waals surface area contributed by atoms with E-state index in [0.717, 1.165) is 29.9 Å². The standard InChI is InChI=1S/C16H16N4O/c1-19-8-9-20(14-5-3-2-4-13(14)19)16-18-12-10-11(17)6-7-15(12)21-16/h2-7,10H,8-9,17H2,1H3. The molecular weight excluding hydrogens is 264 g/mol. The van der Waals surface area contributed by atoms with Crippen LogP contribution in [0.4, 0.5) is 23.1 Å². The number of aromatic nitrogens is 1. The third-order valence-corrected chi connectivity index (χ3v) is 3.87. The number of nitrogen functional groups attached to an aromatic ring is 1. The summed E-state index contributed by atoms with van der Waals surface area (Å²) < 4.78 is 5.90. The second-order valence-corrected chi connectivity index (χ2v) is 5.29. The molecule has 5 nitrogen and oxygen atoms in total. The number of likely N-dealkylation sites (N-methyl/N-ethyl adjacent to an activating group) is 1. The molecule has 0 aliphatic carbocycles. The van der Waals surface area contributed by atoms with Crippen LogP contribution < -0.4 is 15.5 Å². The first-order valence-electron chi connectivity index (χ1n) is 6.96. The van der Waals surface area contributed by atoms with Crippen molar-refractivity contribution in [3.8, 4) is 0 Å². The summed E-state index contributed by atoms with van der Waals surface area (Å²) >= 11 is 0. The molecule has 0 fully saturated rings. The summed E-state index contributed by atoms with van der Waals surface area (Å²) in [6.45, 7) is 1.77. The van der Waals surface area contributed by atoms with Gasteiger partial charge in [0.25, 0.3) is 0 Å². The summed E-state index contributed by atoms with van der Waals surface area (Å²) in [7, 11) is 2.10. The van der Waals surface area contributed by atoms with E-state index < -0.39 is 0 Å². The van der Waals surface area contributed by atoms with Crippen molar-refractivity contribution < 1.29 is 4.42 Å². The third-order valence-electron chi connectivity index (χ3n) is 3.87. The van der Waals surface area contributed by atoms with Gasteiger partial charge in [-0.15, -0.1) is 0 Å². The molecule has 0 amide bonds. The van der Waals surface area contributed by atoms with Crippen molar-refractivity contribution in [2.75, 3.05) is 35.7 Å². The highest BCUT2D eigenvalue weighted by atomic mass is 16.4. The summed E-state index contributed by atoms with van der Waals surface area (Å²) in [5.74, 6) is 0. The van der Waals surface area contributed by atoms with Crippen molar-refractivity contribution in [2.45, 2.75) is 0 Å². The van der Waals surface area contributed by atoms with E-state index in [-0.39, 0.29) is 0 Å². The van der Waals surface area contributed by atoms with Crippen LogP contribution in [-0.2, 0) is 0 Å². The lowest BCUT2D eigenvalue weighted by Gasteiger charge is -2.34. The number of nitrogens with zero attached hydrogens (tertiary/aromatic N) is 3. The van der Waals surface area contributed by atoms with Gasteiger partial charge in [-0.1, -0.05) is 12.1 Å². The molecule has 0 radical (unpaired) electrons. The van der Waals surface area contributed by atoms with Gasteiger partial charge in [0.1, 0.15) is 5.52 Å². The van der Waals surface area contributed by atoms with E-state index in [1.165, 1.54) is 5.69 Å². The molecule has 1 aromatic heterocycles. The molecule has 0 saturated carbocycles. The quantitative estimate of drug-likeness (QED) is 0.694. The van der Waals surface area contributed by atoms with Gasteiger partial charge in [0.15, 0.2) is 5.58 Å². The Morgan fingerprint density at radius 3 is 2.76 bits per heavy atom. The maximum absolute atomic E-state index is 5.90. The number of benzene rings is 2. The van der Waals surface area contributed by atoms with E-state index in [1.807, 2.05) is 30.3 Å². The Bertz CT molecular complexity index is 811. The molecule has 3 aromatic rings. The number of nitrogens with two attached hydrogens (primary N) is 1. The molecule has 0 atom stereocenters. The molecular formula is C16H16N4O. The van der Waals surface area contributed by atoms with E-state index in [9.17, 15) is 0 Å². The first kappa shape index (κ1) is 12.1. The van der Waals surface area contributed by atoms with Crippen molar-refractivity contribution >= 4 is 34.2 Å². The average molecular weight is 280 g/mol. The smallest absolute Gasteiger partial charge is 0.303 e. The molecule has 1 aliphatic heterocycles. The van der Waals surface area contributed by atoms with Crippen LogP contribution in [0.2, 0.25) is 0 Å². The molecule has 106 valence electrons. The van der Waals surface area contributed by atoms with Crippen LogP contribution in [0.1, 0.15) is 0 Å². The van der Waals surface area contributed by atoms with E-state index in [1.54, 1.807) is 0 Å². The minimum Gasteiger partial charge on any atom is -0.423 e. The predicted molar refractivity (Wildman–Crippen MR) is 85.1 cm³/mol. The molecule has 0 bridgehead atoms. The number of oxazole rings is 1. The van der Waals surface area contributed by atoms with Crippen LogP contribution in [0.3, 0.4) is 0 Å². The van der Waals surface area contributed by atoms with Gasteiger partial charge in [-0.25, -0.2) is 0 Å². The summed E-state index contributed by atoms with van der Waals surface area (Å²) in [6.07, 6.45) is 0. The zero-order chi connectivity index (χ0) is 14.4. The van der Waals surface area contributed by atoms with Crippen LogP contribution >= 0.6 is 0 Å². The molecule has 2 N–H and O–H groups in total. The van der Waals surface area contributed by atoms with Gasteiger partial charge >= 0.3 is 6.01 Å². The maximum Gasteiger partial charge on any atom is 0.303 e. The van der Waals surface area contributed by atoms with Gasteiger partial charge in [-0.2, -0.15) is 4.98 Å². The fourth-order valence-corrected chi connectivity index (χ4v) is 2.75. The monoisotopic (exact) mass is 280 g/mol. The van der Waals surface area contributed by atoms with Gasteiger partial charge in [0.2, 0.25) is 0 Å². The van der Waals surface area contributed by atoms with Gasteiger partial charge in [0, 0.05) is 25.8 Å². The van der Waals surface area contributed by atoms with Crippen LogP contribution in [0.5, 0.6) is 0 Å². The highest BCUT2D eigenvalue weighted by Gasteiger charge is 2.24. The minimum absolute atomic E-state index is 0.621. The highest BCUT2D eigenvalue weighted by Crippen LogP contribution is 2.37. The van der Waals surface area contributed by atoms with E-state index >= 15 is 0 Å². The van der Waals surface area contributed by atoms with Crippen molar-refractivity contribution in [1.29, 1.82) is 0 Å². The second kappa shape index (κ2) is 4.41. The van der Waals surface area contributed by atoms with Crippen LogP contribution in [0.25, 0.3) is 11.1 Å². The largest absolute Gasteiger partial charge is 0.423 e. The lowest BCUT2D eigenvalue weighted by molar-refractivity contribution is 0.587. The Morgan fingerprint density at radius 1 is 1.10 bits per heavy atom. The Kier molecular flexibility index (Phi) is 2.54. The maximum atomic E-state index is 5.90. The fraction of sp³-hybridized carbons (Fsp3) is 0.188. The Labute approximate surface area is 122 Å². The summed E-state index contributed by atoms with van der Waals surface area (Å²) in [4.78, 5) is 8.94. The van der Waals surface area contributed by atoms with E-state index in [4.69, 9.17) is 10.2 Å². The first-order valence-corrected chi connectivity index (χ1v) is 6.96. The van der Waals surface area contributed by atoms with Gasteiger partial charge in [-0.3, -0.25) is 4.90 Å². The number of rotatable bonds is 1. The summed E-state index contributed by atoms with van der Waals surface area (Å²) in [5.41, 5.74) is 10.4. The fourth-order valence-electron chi connectivity index (χ4n) is 2.75. The average Bonchev–Trinajstić information content (AvgIpc) is 2.90. The van der Waals surface area contributed by atoms with Gasteiger partial charge in [0.05, 0.1) is 11.4 Å². The minimum atomic E-state index is 0.621. The normalized spacial score (nSPS) is 14.5. The number of hydrogen-bond donors (Lipinski definition) is 1. The number of hydrogen-bond acceptors (Lipinski definition) is 5. The first-order chi connectivity index (χ1) is 10.2. The molecule has 0 unspecified atom stereocenters. The topological polar surface area (TPSA) is 58.5 Å². The Balaban J connectivity index is 1.83. The van der Waals surface area contributed by atoms with Crippen LogP contribution in [-0.4, -0.2) is 25.1 Å². The number of para-hydroxylation sites is 2. The molecule has 5 heteroatoms. The van der Waals surface area contributed by atoms with Gasteiger partial charge < -0.3 is 15.1 Å². The molecule has 2 heterocycles. The van der Waals surface area contributed by atoms with Crippen molar-refractivity contribution in [3.63, 3.8) is 0 Å². The second-order valence-electron chi connectivity index (χ2n) is 5.29. The van der Waals surface area contributed by atoms with Crippen molar-refractivity contribution in [1.82, 2.24) is 4.98 Å². The summed E-state index contributed by atoms with van der Waals surface area (Å²) in [6, 6.07) is 14.4. The van der Waals surface area contributed by atoms with E-state index in [0.29, 0.717) is 11.7 Å². The molecule has 21 heavy (non-hydrogen) atoms. The SMILES string of the molecule is CN1CCN(c2nc3cc(N)ccc3o2)c2ccccc21. The lowest BCUT2D eigenvalue weighted by Crippen LogP contribution is -2.36. The molecule has 0 spiro atoms.